The van der Waals surface area contributed by atoms with Crippen LogP contribution in [0.3, 0.4) is 0 Å². The maximum absolute atomic E-state index is 9.25. The molecule has 0 aromatic carbocycles. The van der Waals surface area contributed by atoms with E-state index in [0.717, 1.165) is 17.1 Å². The number of hydrogen-bond donors (Lipinski definition) is 1. The van der Waals surface area contributed by atoms with Crippen molar-refractivity contribution in [2.24, 2.45) is 0 Å². The second kappa shape index (κ2) is 4.45. The predicted octanol–water partition coefficient (Wildman–Crippen LogP) is 2.02. The van der Waals surface area contributed by atoms with Crippen molar-refractivity contribution < 1.29 is 5.11 Å². The minimum Gasteiger partial charge on any atom is -0.390 e. The second-order valence-corrected chi connectivity index (χ2v) is 3.93. The van der Waals surface area contributed by atoms with Gasteiger partial charge in [-0.1, -0.05) is 6.07 Å². The number of aromatic nitrogens is 3. The van der Waals surface area contributed by atoms with Crippen molar-refractivity contribution in [3.63, 3.8) is 0 Å². The highest BCUT2D eigenvalue weighted by molar-refractivity contribution is 5.53. The van der Waals surface area contributed by atoms with Crippen molar-refractivity contribution in [2.45, 2.75) is 26.5 Å². The Morgan fingerprint density at radius 2 is 2.12 bits per heavy atom. The molecule has 0 amide bonds. The lowest BCUT2D eigenvalue weighted by Crippen LogP contribution is -2.07. The molecule has 0 unspecified atom stereocenters. The van der Waals surface area contributed by atoms with E-state index in [1.54, 1.807) is 6.20 Å². The van der Waals surface area contributed by atoms with Gasteiger partial charge in [-0.2, -0.15) is 5.10 Å². The Balaban J connectivity index is 2.44. The van der Waals surface area contributed by atoms with Crippen LogP contribution in [-0.2, 0) is 6.61 Å². The number of nitrogens with zero attached hydrogens (tertiary/aromatic N) is 3. The first kappa shape index (κ1) is 10.8. The first-order valence-electron chi connectivity index (χ1n) is 5.33. The van der Waals surface area contributed by atoms with Gasteiger partial charge in [0.15, 0.2) is 0 Å². The molecule has 0 saturated heterocycles. The topological polar surface area (TPSA) is 50.9 Å². The molecule has 0 atom stereocenters. The molecule has 16 heavy (non-hydrogen) atoms. The molecule has 0 aliphatic rings. The lowest BCUT2D eigenvalue weighted by atomic mass is 10.2. The third-order valence-electron chi connectivity index (χ3n) is 2.39. The van der Waals surface area contributed by atoms with Crippen molar-refractivity contribution >= 4 is 0 Å². The zero-order valence-corrected chi connectivity index (χ0v) is 9.46. The highest BCUT2D eigenvalue weighted by Crippen LogP contribution is 2.19. The fourth-order valence-corrected chi connectivity index (χ4v) is 1.64. The smallest absolute Gasteiger partial charge is 0.111 e. The van der Waals surface area contributed by atoms with Crippen molar-refractivity contribution in [3.8, 4) is 11.4 Å². The van der Waals surface area contributed by atoms with Crippen LogP contribution in [0.4, 0.5) is 0 Å². The molecule has 1 N–H and O–H groups in total. The van der Waals surface area contributed by atoms with E-state index in [0.29, 0.717) is 0 Å². The summed E-state index contributed by atoms with van der Waals surface area (Å²) in [4.78, 5) is 4.24. The molecule has 4 heteroatoms. The average molecular weight is 217 g/mol. The van der Waals surface area contributed by atoms with E-state index >= 15 is 0 Å². The Bertz CT molecular complexity index is 462. The molecular formula is C12H15N3O. The summed E-state index contributed by atoms with van der Waals surface area (Å²) in [6.45, 7) is 4.07. The Labute approximate surface area is 94.6 Å². The van der Waals surface area contributed by atoms with Crippen LogP contribution < -0.4 is 0 Å². The average Bonchev–Trinajstić information content (AvgIpc) is 2.74. The SMILES string of the molecule is CC(C)n1nc(-c2ccccn2)cc1CO. The fourth-order valence-electron chi connectivity index (χ4n) is 1.64. The second-order valence-electron chi connectivity index (χ2n) is 3.93. The van der Waals surface area contributed by atoms with Gasteiger partial charge in [0.1, 0.15) is 5.69 Å². The molecule has 2 rings (SSSR count). The van der Waals surface area contributed by atoms with E-state index in [9.17, 15) is 5.11 Å². The maximum Gasteiger partial charge on any atom is 0.111 e. The Kier molecular flexibility index (Phi) is 3.01. The number of hydrogen-bond acceptors (Lipinski definition) is 3. The first-order valence-corrected chi connectivity index (χ1v) is 5.33. The van der Waals surface area contributed by atoms with E-state index in [1.807, 2.05) is 42.8 Å². The molecule has 84 valence electrons. The van der Waals surface area contributed by atoms with Crippen molar-refractivity contribution in [3.05, 3.63) is 36.2 Å². The molecule has 0 radical (unpaired) electrons. The summed E-state index contributed by atoms with van der Waals surface area (Å²) in [5.41, 5.74) is 2.45. The van der Waals surface area contributed by atoms with Crippen LogP contribution in [0.1, 0.15) is 25.6 Å². The number of aliphatic hydroxyl groups excluding tert-OH is 1. The van der Waals surface area contributed by atoms with Crippen LogP contribution in [0.25, 0.3) is 11.4 Å². The highest BCUT2D eigenvalue weighted by Gasteiger charge is 2.11. The van der Waals surface area contributed by atoms with Crippen molar-refractivity contribution in [1.82, 2.24) is 14.8 Å². The van der Waals surface area contributed by atoms with Gasteiger partial charge >= 0.3 is 0 Å². The minimum atomic E-state index is -0.00197. The predicted molar refractivity (Wildman–Crippen MR) is 61.8 cm³/mol. The van der Waals surface area contributed by atoms with E-state index in [4.69, 9.17) is 0 Å². The summed E-state index contributed by atoms with van der Waals surface area (Å²) < 4.78 is 1.82. The van der Waals surface area contributed by atoms with Gasteiger partial charge in [0, 0.05) is 12.2 Å². The van der Waals surface area contributed by atoms with E-state index in [1.165, 1.54) is 0 Å². The molecule has 0 aliphatic heterocycles. The summed E-state index contributed by atoms with van der Waals surface area (Å²) in [7, 11) is 0. The zero-order valence-electron chi connectivity index (χ0n) is 9.46. The Morgan fingerprint density at radius 1 is 1.31 bits per heavy atom. The highest BCUT2D eigenvalue weighted by atomic mass is 16.3. The van der Waals surface area contributed by atoms with Crippen LogP contribution in [-0.4, -0.2) is 19.9 Å². The standard InChI is InChI=1S/C12H15N3O/c1-9(2)15-10(8-16)7-12(14-15)11-5-3-4-6-13-11/h3-7,9,16H,8H2,1-2H3. The van der Waals surface area contributed by atoms with Crippen LogP contribution in [0.2, 0.25) is 0 Å². The molecule has 0 bridgehead atoms. The van der Waals surface area contributed by atoms with E-state index in [2.05, 4.69) is 10.1 Å². The van der Waals surface area contributed by atoms with E-state index in [-0.39, 0.29) is 12.6 Å². The number of aliphatic hydroxyl groups is 1. The van der Waals surface area contributed by atoms with Crippen LogP contribution in [0.5, 0.6) is 0 Å². The van der Waals surface area contributed by atoms with Gasteiger partial charge in [0.25, 0.3) is 0 Å². The van der Waals surface area contributed by atoms with Crippen molar-refractivity contribution in [2.75, 3.05) is 0 Å². The molecule has 2 heterocycles. The zero-order chi connectivity index (χ0) is 11.5. The number of pyridine rings is 1. The normalized spacial score (nSPS) is 11.0. The van der Waals surface area contributed by atoms with Gasteiger partial charge in [0.05, 0.1) is 18.0 Å². The van der Waals surface area contributed by atoms with Crippen molar-refractivity contribution in [1.29, 1.82) is 0 Å². The van der Waals surface area contributed by atoms with Gasteiger partial charge in [-0.25, -0.2) is 0 Å². The molecule has 2 aromatic heterocycles. The van der Waals surface area contributed by atoms with Crippen LogP contribution in [0.15, 0.2) is 30.5 Å². The summed E-state index contributed by atoms with van der Waals surface area (Å²) in [6.07, 6.45) is 1.74. The monoisotopic (exact) mass is 217 g/mol. The quantitative estimate of drug-likeness (QED) is 0.855. The van der Waals surface area contributed by atoms with Gasteiger partial charge in [-0.3, -0.25) is 9.67 Å². The van der Waals surface area contributed by atoms with Crippen LogP contribution >= 0.6 is 0 Å². The lowest BCUT2D eigenvalue weighted by Gasteiger charge is -2.08. The van der Waals surface area contributed by atoms with Gasteiger partial charge in [-0.15, -0.1) is 0 Å². The number of rotatable bonds is 3. The minimum absolute atomic E-state index is 0.00197. The fraction of sp³-hybridized carbons (Fsp3) is 0.333. The molecule has 0 aliphatic carbocycles. The Morgan fingerprint density at radius 3 is 2.62 bits per heavy atom. The molecule has 0 spiro atoms. The summed E-state index contributed by atoms with van der Waals surface area (Å²) >= 11 is 0. The third kappa shape index (κ3) is 1.97. The molecule has 2 aromatic rings. The summed E-state index contributed by atoms with van der Waals surface area (Å²) in [5.74, 6) is 0. The summed E-state index contributed by atoms with van der Waals surface area (Å²) in [6, 6.07) is 7.82. The lowest BCUT2D eigenvalue weighted by molar-refractivity contribution is 0.264. The van der Waals surface area contributed by atoms with Gasteiger partial charge in [-0.05, 0) is 32.0 Å². The molecule has 0 fully saturated rings. The first-order chi connectivity index (χ1) is 7.72. The third-order valence-corrected chi connectivity index (χ3v) is 2.39. The molecule has 4 nitrogen and oxygen atoms in total. The largest absolute Gasteiger partial charge is 0.390 e. The van der Waals surface area contributed by atoms with Crippen LogP contribution in [0, 0.1) is 0 Å². The van der Waals surface area contributed by atoms with E-state index < -0.39 is 0 Å². The Hall–Kier alpha value is -1.68. The molecule has 0 saturated carbocycles. The maximum atomic E-state index is 9.25. The van der Waals surface area contributed by atoms with Gasteiger partial charge in [0.2, 0.25) is 0 Å². The summed E-state index contributed by atoms with van der Waals surface area (Å²) in [5, 5.41) is 13.7. The molecular weight excluding hydrogens is 202 g/mol. The van der Waals surface area contributed by atoms with Gasteiger partial charge < -0.3 is 5.11 Å².